The second-order valence-electron chi connectivity index (χ2n) is 7.59. The van der Waals surface area contributed by atoms with Crippen LogP contribution in [0.2, 0.25) is 5.02 Å². The number of hydrogen-bond donors (Lipinski definition) is 1. The summed E-state index contributed by atoms with van der Waals surface area (Å²) in [4.78, 5) is 30.2. The first-order valence-corrected chi connectivity index (χ1v) is 11.4. The minimum Gasteiger partial charge on any atom is -0.339 e. The summed E-state index contributed by atoms with van der Waals surface area (Å²) in [5.41, 5.74) is 3.11. The van der Waals surface area contributed by atoms with Crippen molar-refractivity contribution in [1.82, 2.24) is 9.80 Å². The third kappa shape index (κ3) is 5.78. The molecule has 0 spiro atoms. The predicted molar refractivity (Wildman–Crippen MR) is 124 cm³/mol. The molecule has 1 unspecified atom stereocenters. The third-order valence-electron chi connectivity index (χ3n) is 5.42. The maximum Gasteiger partial charge on any atom is 0.238 e. The number of carbonyl (C=O) groups is 2. The number of benzene rings is 2. The minimum atomic E-state index is -0.205. The molecule has 1 fully saturated rings. The van der Waals surface area contributed by atoms with Crippen molar-refractivity contribution >= 4 is 40.9 Å². The quantitative estimate of drug-likeness (QED) is 0.676. The standard InChI is InChI=1S/C23H28ClN3O2S/c1-16-7-6-9-20(17(16)2)25-22(28)15-26-11-13-27(14-12-26)23(29)18(3)30-21-10-5-4-8-19(21)24/h4-10,18H,11-15H2,1-3H3,(H,25,28). The Hall–Kier alpha value is -2.02. The van der Waals surface area contributed by atoms with Gasteiger partial charge in [-0.3, -0.25) is 14.5 Å². The van der Waals surface area contributed by atoms with Gasteiger partial charge in [0, 0.05) is 36.8 Å². The van der Waals surface area contributed by atoms with Crippen molar-refractivity contribution in [3.63, 3.8) is 0 Å². The van der Waals surface area contributed by atoms with E-state index in [4.69, 9.17) is 11.6 Å². The van der Waals surface area contributed by atoms with Crippen molar-refractivity contribution < 1.29 is 9.59 Å². The number of aryl methyl sites for hydroxylation is 1. The van der Waals surface area contributed by atoms with Gasteiger partial charge >= 0.3 is 0 Å². The number of piperazine rings is 1. The topological polar surface area (TPSA) is 52.7 Å². The van der Waals surface area contributed by atoms with Crippen molar-refractivity contribution in [1.29, 1.82) is 0 Å². The van der Waals surface area contributed by atoms with E-state index in [-0.39, 0.29) is 17.1 Å². The minimum absolute atomic E-state index is 0.0221. The maximum absolute atomic E-state index is 12.8. The number of rotatable bonds is 6. The molecule has 30 heavy (non-hydrogen) atoms. The first kappa shape index (κ1) is 22.7. The number of halogens is 1. The molecule has 2 amide bonds. The normalized spacial score (nSPS) is 15.7. The Morgan fingerprint density at radius 1 is 1.07 bits per heavy atom. The molecule has 0 radical (unpaired) electrons. The van der Waals surface area contributed by atoms with E-state index in [1.807, 2.05) is 68.1 Å². The van der Waals surface area contributed by atoms with Crippen LogP contribution in [0.1, 0.15) is 18.1 Å². The van der Waals surface area contributed by atoms with Crippen molar-refractivity contribution in [3.05, 3.63) is 58.6 Å². The number of nitrogens with one attached hydrogen (secondary N) is 1. The summed E-state index contributed by atoms with van der Waals surface area (Å²) >= 11 is 7.70. The van der Waals surface area contributed by atoms with Crippen LogP contribution in [0.15, 0.2) is 47.4 Å². The van der Waals surface area contributed by atoms with E-state index in [9.17, 15) is 9.59 Å². The molecule has 1 saturated heterocycles. The SMILES string of the molecule is Cc1cccc(NC(=O)CN2CCN(C(=O)C(C)Sc3ccccc3Cl)CC2)c1C. The van der Waals surface area contributed by atoms with E-state index >= 15 is 0 Å². The molecule has 160 valence electrons. The maximum atomic E-state index is 12.8. The third-order valence-corrected chi connectivity index (χ3v) is 7.02. The van der Waals surface area contributed by atoms with Crippen LogP contribution in [0.3, 0.4) is 0 Å². The van der Waals surface area contributed by atoms with Gasteiger partial charge in [0.25, 0.3) is 0 Å². The number of thioether (sulfide) groups is 1. The second kappa shape index (κ2) is 10.3. The first-order chi connectivity index (χ1) is 14.3. The van der Waals surface area contributed by atoms with Gasteiger partial charge in [-0.05, 0) is 50.1 Å². The average Bonchev–Trinajstić information content (AvgIpc) is 2.73. The molecule has 7 heteroatoms. The van der Waals surface area contributed by atoms with Crippen molar-refractivity contribution in [3.8, 4) is 0 Å². The van der Waals surface area contributed by atoms with Gasteiger partial charge in [-0.15, -0.1) is 11.8 Å². The Labute approximate surface area is 187 Å². The van der Waals surface area contributed by atoms with Crippen LogP contribution in [0.5, 0.6) is 0 Å². The average molecular weight is 446 g/mol. The van der Waals surface area contributed by atoms with Crippen LogP contribution in [-0.2, 0) is 9.59 Å². The molecular weight excluding hydrogens is 418 g/mol. The number of amides is 2. The summed E-state index contributed by atoms with van der Waals surface area (Å²) in [7, 11) is 0. The molecule has 0 bridgehead atoms. The van der Waals surface area contributed by atoms with Crippen molar-refractivity contribution in [2.45, 2.75) is 30.9 Å². The number of anilines is 1. The van der Waals surface area contributed by atoms with E-state index < -0.39 is 0 Å². The van der Waals surface area contributed by atoms with Gasteiger partial charge in [0.2, 0.25) is 11.8 Å². The lowest BCUT2D eigenvalue weighted by Crippen LogP contribution is -2.52. The fourth-order valence-electron chi connectivity index (χ4n) is 3.44. The Kier molecular flexibility index (Phi) is 7.81. The number of hydrogen-bond acceptors (Lipinski definition) is 4. The van der Waals surface area contributed by atoms with E-state index in [1.54, 1.807) is 0 Å². The predicted octanol–water partition coefficient (Wildman–Crippen LogP) is 4.22. The van der Waals surface area contributed by atoms with Crippen LogP contribution in [0.25, 0.3) is 0 Å². The first-order valence-electron chi connectivity index (χ1n) is 10.1. The van der Waals surface area contributed by atoms with E-state index in [0.717, 1.165) is 21.7 Å². The van der Waals surface area contributed by atoms with E-state index in [0.29, 0.717) is 37.7 Å². The Morgan fingerprint density at radius 3 is 2.47 bits per heavy atom. The Morgan fingerprint density at radius 2 is 1.77 bits per heavy atom. The van der Waals surface area contributed by atoms with E-state index in [1.165, 1.54) is 11.8 Å². The van der Waals surface area contributed by atoms with Gasteiger partial charge in [-0.2, -0.15) is 0 Å². The lowest BCUT2D eigenvalue weighted by atomic mass is 10.1. The van der Waals surface area contributed by atoms with Crippen LogP contribution in [0.4, 0.5) is 5.69 Å². The summed E-state index contributed by atoms with van der Waals surface area (Å²) in [6, 6.07) is 13.5. The van der Waals surface area contributed by atoms with E-state index in [2.05, 4.69) is 10.2 Å². The molecule has 5 nitrogen and oxygen atoms in total. The molecule has 1 aliphatic heterocycles. The van der Waals surface area contributed by atoms with Gasteiger partial charge in [0.05, 0.1) is 16.8 Å². The zero-order valence-corrected chi connectivity index (χ0v) is 19.2. The lowest BCUT2D eigenvalue weighted by molar-refractivity contribution is -0.132. The highest BCUT2D eigenvalue weighted by atomic mass is 35.5. The zero-order chi connectivity index (χ0) is 21.7. The monoisotopic (exact) mass is 445 g/mol. The van der Waals surface area contributed by atoms with Crippen LogP contribution in [-0.4, -0.2) is 59.6 Å². The van der Waals surface area contributed by atoms with Gasteiger partial charge < -0.3 is 10.2 Å². The van der Waals surface area contributed by atoms with Crippen LogP contribution < -0.4 is 5.32 Å². The molecule has 0 aliphatic carbocycles. The highest BCUT2D eigenvalue weighted by Gasteiger charge is 2.26. The lowest BCUT2D eigenvalue weighted by Gasteiger charge is -2.35. The number of nitrogens with zero attached hydrogens (tertiary/aromatic N) is 2. The van der Waals surface area contributed by atoms with Crippen LogP contribution in [0, 0.1) is 13.8 Å². The molecule has 1 heterocycles. The fraction of sp³-hybridized carbons (Fsp3) is 0.391. The fourth-order valence-corrected chi connectivity index (χ4v) is 4.68. The summed E-state index contributed by atoms with van der Waals surface area (Å²) in [5, 5.41) is 3.47. The summed E-state index contributed by atoms with van der Waals surface area (Å²) in [5.74, 6) is 0.0885. The summed E-state index contributed by atoms with van der Waals surface area (Å²) < 4.78 is 0. The van der Waals surface area contributed by atoms with Crippen molar-refractivity contribution in [2.24, 2.45) is 0 Å². The smallest absolute Gasteiger partial charge is 0.238 e. The Balaban J connectivity index is 1.47. The molecular formula is C23H28ClN3O2S. The highest BCUT2D eigenvalue weighted by Crippen LogP contribution is 2.31. The molecule has 2 aromatic rings. The molecule has 1 atom stereocenters. The Bertz CT molecular complexity index is 913. The van der Waals surface area contributed by atoms with Gasteiger partial charge in [-0.25, -0.2) is 0 Å². The molecule has 3 rings (SSSR count). The van der Waals surface area contributed by atoms with Gasteiger partial charge in [-0.1, -0.05) is 35.9 Å². The molecule has 1 N–H and O–H groups in total. The molecule has 2 aromatic carbocycles. The molecule has 0 aromatic heterocycles. The zero-order valence-electron chi connectivity index (χ0n) is 17.7. The summed E-state index contributed by atoms with van der Waals surface area (Å²) in [6.07, 6.45) is 0. The number of carbonyl (C=O) groups excluding carboxylic acids is 2. The largest absolute Gasteiger partial charge is 0.339 e. The second-order valence-corrected chi connectivity index (χ2v) is 9.38. The van der Waals surface area contributed by atoms with Gasteiger partial charge in [0.1, 0.15) is 0 Å². The summed E-state index contributed by atoms with van der Waals surface area (Å²) in [6.45, 7) is 8.93. The van der Waals surface area contributed by atoms with Crippen LogP contribution >= 0.6 is 23.4 Å². The van der Waals surface area contributed by atoms with Crippen molar-refractivity contribution in [2.75, 3.05) is 38.0 Å². The highest BCUT2D eigenvalue weighted by molar-refractivity contribution is 8.00. The van der Waals surface area contributed by atoms with Gasteiger partial charge in [0.15, 0.2) is 0 Å². The molecule has 0 saturated carbocycles. The molecule has 1 aliphatic rings.